The quantitative estimate of drug-likeness (QED) is 0.376. The molecular formula is C26H23N7O2. The smallest absolute Gasteiger partial charge is 0.251 e. The van der Waals surface area contributed by atoms with Crippen LogP contribution in [0.15, 0.2) is 74.2 Å². The minimum Gasteiger partial charge on any atom is -0.383 e. The second kappa shape index (κ2) is 8.86. The average molecular weight is 466 g/mol. The van der Waals surface area contributed by atoms with E-state index >= 15 is 0 Å². The molecule has 4 heterocycles. The Balaban J connectivity index is 1.48. The number of anilines is 1. The van der Waals surface area contributed by atoms with E-state index in [0.717, 1.165) is 28.1 Å². The maximum Gasteiger partial charge on any atom is 0.251 e. The summed E-state index contributed by atoms with van der Waals surface area (Å²) >= 11 is 0. The van der Waals surface area contributed by atoms with E-state index < -0.39 is 0 Å². The summed E-state index contributed by atoms with van der Waals surface area (Å²) in [6, 6.07) is 12.5. The number of rotatable bonds is 6. The fraction of sp³-hybridized carbons (Fsp3) is 0.115. The number of carbonyl (C=O) groups excluding carboxylic acids is 2. The van der Waals surface area contributed by atoms with Crippen molar-refractivity contribution >= 4 is 34.2 Å². The summed E-state index contributed by atoms with van der Waals surface area (Å²) in [4.78, 5) is 37.4. The van der Waals surface area contributed by atoms with E-state index in [2.05, 4.69) is 38.7 Å². The van der Waals surface area contributed by atoms with Crippen molar-refractivity contribution in [2.75, 3.05) is 5.73 Å². The zero-order chi connectivity index (χ0) is 24.5. The fourth-order valence-electron chi connectivity index (χ4n) is 4.37. The van der Waals surface area contributed by atoms with E-state index in [0.29, 0.717) is 35.5 Å². The van der Waals surface area contributed by atoms with Gasteiger partial charge in [-0.05, 0) is 41.5 Å². The zero-order valence-corrected chi connectivity index (χ0v) is 18.9. The molecule has 1 aliphatic rings. The average Bonchev–Trinajstić information content (AvgIpc) is 3.38. The molecule has 3 aromatic heterocycles. The van der Waals surface area contributed by atoms with E-state index in [1.165, 1.54) is 12.4 Å². The molecule has 5 rings (SSSR count). The van der Waals surface area contributed by atoms with Gasteiger partial charge >= 0.3 is 0 Å². The van der Waals surface area contributed by atoms with E-state index in [-0.39, 0.29) is 17.9 Å². The Hall–Kier alpha value is -4.79. The van der Waals surface area contributed by atoms with Crippen molar-refractivity contribution in [2.24, 2.45) is 0 Å². The van der Waals surface area contributed by atoms with Crippen LogP contribution in [0.5, 0.6) is 0 Å². The van der Waals surface area contributed by atoms with Gasteiger partial charge in [-0.2, -0.15) is 0 Å². The molecule has 1 aliphatic heterocycles. The van der Waals surface area contributed by atoms with Gasteiger partial charge in [0.1, 0.15) is 17.8 Å². The minimum atomic E-state index is -0.300. The molecule has 0 fully saturated rings. The highest BCUT2D eigenvalue weighted by Crippen LogP contribution is 2.43. The molecule has 9 heteroatoms. The molecule has 9 nitrogen and oxygen atoms in total. The Labute approximate surface area is 201 Å². The highest BCUT2D eigenvalue weighted by Gasteiger charge is 2.33. The first-order valence-electron chi connectivity index (χ1n) is 11.0. The normalized spacial score (nSPS) is 14.5. The van der Waals surface area contributed by atoms with Gasteiger partial charge in [-0.25, -0.2) is 9.97 Å². The topological polar surface area (TPSA) is 128 Å². The number of aromatic nitrogens is 4. The van der Waals surface area contributed by atoms with Crippen LogP contribution in [0.25, 0.3) is 27.7 Å². The van der Waals surface area contributed by atoms with Gasteiger partial charge in [0.05, 0.1) is 29.4 Å². The summed E-state index contributed by atoms with van der Waals surface area (Å²) in [6.07, 6.45) is 4.34. The highest BCUT2D eigenvalue weighted by molar-refractivity contribution is 6.07. The van der Waals surface area contributed by atoms with Gasteiger partial charge in [0.15, 0.2) is 0 Å². The molecule has 4 aromatic rings. The van der Waals surface area contributed by atoms with Crippen molar-refractivity contribution < 1.29 is 9.59 Å². The molecule has 0 radical (unpaired) electrons. The second-order valence-corrected chi connectivity index (χ2v) is 8.16. The summed E-state index contributed by atoms with van der Waals surface area (Å²) in [6.45, 7) is 8.57. The predicted octanol–water partition coefficient (Wildman–Crippen LogP) is 2.70. The number of fused-ring (bicyclic) bond motifs is 3. The van der Waals surface area contributed by atoms with Gasteiger partial charge in [-0.3, -0.25) is 14.6 Å². The van der Waals surface area contributed by atoms with Crippen LogP contribution >= 0.6 is 0 Å². The van der Waals surface area contributed by atoms with Crippen LogP contribution in [-0.2, 0) is 17.9 Å². The SMILES string of the molecule is C=CC(=O)N[C@@H]1Cn2c(c(-c3ccc(C(=O)NCc4ccccn4)cc3)c3c(N)ncnc32)C1=C. The lowest BCUT2D eigenvalue weighted by Crippen LogP contribution is -2.33. The van der Waals surface area contributed by atoms with Crippen LogP contribution < -0.4 is 16.4 Å². The number of pyridine rings is 1. The third-order valence-electron chi connectivity index (χ3n) is 6.05. The zero-order valence-electron chi connectivity index (χ0n) is 18.9. The number of nitrogens with one attached hydrogen (secondary N) is 2. The summed E-state index contributed by atoms with van der Waals surface area (Å²) in [5.41, 5.74) is 11.4. The molecule has 1 atom stereocenters. The molecule has 0 unspecified atom stereocenters. The first-order chi connectivity index (χ1) is 17.0. The lowest BCUT2D eigenvalue weighted by atomic mass is 9.97. The largest absolute Gasteiger partial charge is 0.383 e. The summed E-state index contributed by atoms with van der Waals surface area (Å²) in [7, 11) is 0. The summed E-state index contributed by atoms with van der Waals surface area (Å²) < 4.78 is 1.99. The van der Waals surface area contributed by atoms with Crippen LogP contribution in [0.4, 0.5) is 5.82 Å². The number of hydrogen-bond donors (Lipinski definition) is 3. The molecule has 0 saturated carbocycles. The number of nitrogens with two attached hydrogens (primary N) is 1. The number of nitrogens with zero attached hydrogens (tertiary/aromatic N) is 4. The van der Waals surface area contributed by atoms with Crippen LogP contribution in [0, 0.1) is 0 Å². The van der Waals surface area contributed by atoms with Crippen molar-refractivity contribution in [2.45, 2.75) is 19.1 Å². The molecular weight excluding hydrogens is 442 g/mol. The lowest BCUT2D eigenvalue weighted by Gasteiger charge is -2.13. The Morgan fingerprint density at radius 2 is 1.94 bits per heavy atom. The molecule has 0 aliphatic carbocycles. The number of amides is 2. The number of carbonyl (C=O) groups is 2. The van der Waals surface area contributed by atoms with E-state index in [1.807, 2.05) is 34.9 Å². The van der Waals surface area contributed by atoms with Gasteiger partial charge < -0.3 is 20.9 Å². The summed E-state index contributed by atoms with van der Waals surface area (Å²) in [5, 5.41) is 6.50. The van der Waals surface area contributed by atoms with E-state index in [9.17, 15) is 9.59 Å². The van der Waals surface area contributed by atoms with Crippen molar-refractivity contribution in [1.29, 1.82) is 0 Å². The molecule has 0 bridgehead atoms. The Kier molecular flexibility index (Phi) is 5.58. The number of nitrogen functional groups attached to an aromatic ring is 1. The van der Waals surface area contributed by atoms with Gasteiger partial charge in [0, 0.05) is 23.9 Å². The van der Waals surface area contributed by atoms with Crippen LogP contribution in [0.2, 0.25) is 0 Å². The molecule has 2 amide bonds. The number of hydrogen-bond acceptors (Lipinski definition) is 6. The number of benzene rings is 1. The van der Waals surface area contributed by atoms with Crippen LogP contribution in [0.3, 0.4) is 0 Å². The van der Waals surface area contributed by atoms with Crippen molar-refractivity contribution in [3.63, 3.8) is 0 Å². The Bertz CT molecular complexity index is 1470. The Morgan fingerprint density at radius 1 is 1.14 bits per heavy atom. The third kappa shape index (κ3) is 3.93. The van der Waals surface area contributed by atoms with Crippen LogP contribution in [0.1, 0.15) is 21.7 Å². The predicted molar refractivity (Wildman–Crippen MR) is 134 cm³/mol. The van der Waals surface area contributed by atoms with E-state index in [4.69, 9.17) is 5.73 Å². The Morgan fingerprint density at radius 3 is 2.66 bits per heavy atom. The molecule has 0 spiro atoms. The van der Waals surface area contributed by atoms with Gasteiger partial charge in [0.2, 0.25) is 5.91 Å². The molecule has 174 valence electrons. The van der Waals surface area contributed by atoms with Crippen molar-refractivity contribution in [3.8, 4) is 11.1 Å². The maximum absolute atomic E-state index is 12.7. The van der Waals surface area contributed by atoms with Gasteiger partial charge in [-0.15, -0.1) is 0 Å². The monoisotopic (exact) mass is 465 g/mol. The fourth-order valence-corrected chi connectivity index (χ4v) is 4.37. The van der Waals surface area contributed by atoms with Crippen molar-refractivity contribution in [3.05, 3.63) is 91.2 Å². The van der Waals surface area contributed by atoms with Crippen molar-refractivity contribution in [1.82, 2.24) is 30.2 Å². The minimum absolute atomic E-state index is 0.200. The first kappa shape index (κ1) is 22.0. The van der Waals surface area contributed by atoms with E-state index in [1.54, 1.807) is 18.3 Å². The molecule has 4 N–H and O–H groups in total. The van der Waals surface area contributed by atoms with Crippen LogP contribution in [-0.4, -0.2) is 37.4 Å². The molecule has 35 heavy (non-hydrogen) atoms. The summed E-state index contributed by atoms with van der Waals surface area (Å²) in [5.74, 6) is -0.125. The lowest BCUT2D eigenvalue weighted by molar-refractivity contribution is -0.116. The standard InChI is InChI=1S/C26H23N7O2/c1-3-20(34)32-19-13-33-23(15(19)2)21(22-24(27)30-14-31-25(22)33)16-7-9-17(10-8-16)26(35)29-12-18-6-4-5-11-28-18/h3-11,14,19H,1-2,12-13H2,(H,29,35)(H,32,34)(H2,27,30,31)/t19-/m1/s1. The van der Waals surface area contributed by atoms with Gasteiger partial charge in [0.25, 0.3) is 5.91 Å². The molecule has 1 aromatic carbocycles. The first-order valence-corrected chi connectivity index (χ1v) is 11.0. The van der Waals surface area contributed by atoms with Gasteiger partial charge in [-0.1, -0.05) is 31.4 Å². The molecule has 0 saturated heterocycles. The third-order valence-corrected chi connectivity index (χ3v) is 6.05. The second-order valence-electron chi connectivity index (χ2n) is 8.16. The highest BCUT2D eigenvalue weighted by atomic mass is 16.2. The maximum atomic E-state index is 12.7.